The first-order valence-electron chi connectivity index (χ1n) is 15.6. The number of aromatic nitrogens is 1. The molecular formula is C42H28N2S. The molecule has 1 aliphatic heterocycles. The van der Waals surface area contributed by atoms with E-state index >= 15 is 0 Å². The summed E-state index contributed by atoms with van der Waals surface area (Å²) in [6.07, 6.45) is 9.09. The van der Waals surface area contributed by atoms with Crippen molar-refractivity contribution in [1.82, 2.24) is 4.57 Å². The molecule has 8 aromatic rings. The number of nitrogens with zero attached hydrogens (tertiary/aromatic N) is 2. The molecule has 3 heterocycles. The Morgan fingerprint density at radius 1 is 0.489 bits per heavy atom. The van der Waals surface area contributed by atoms with Crippen LogP contribution in [0.15, 0.2) is 158 Å². The average molecular weight is 593 g/mol. The van der Waals surface area contributed by atoms with Crippen LogP contribution >= 0.6 is 11.3 Å². The molecule has 0 bridgehead atoms. The summed E-state index contributed by atoms with van der Waals surface area (Å²) in [6, 6.07) is 49.6. The van der Waals surface area contributed by atoms with Crippen molar-refractivity contribution in [1.29, 1.82) is 0 Å². The lowest BCUT2D eigenvalue weighted by atomic mass is 9.89. The first kappa shape index (κ1) is 25.0. The van der Waals surface area contributed by atoms with Gasteiger partial charge in [-0.2, -0.15) is 0 Å². The van der Waals surface area contributed by atoms with E-state index in [9.17, 15) is 0 Å². The van der Waals surface area contributed by atoms with Crippen LogP contribution in [0.25, 0.3) is 58.8 Å². The molecule has 2 aromatic heterocycles. The Morgan fingerprint density at radius 3 is 2.16 bits per heavy atom. The number of anilines is 2. The number of fused-ring (bicyclic) bond motifs is 9. The van der Waals surface area contributed by atoms with E-state index in [1.54, 1.807) is 0 Å². The molecule has 45 heavy (non-hydrogen) atoms. The minimum absolute atomic E-state index is 0.292. The maximum atomic E-state index is 2.49. The van der Waals surface area contributed by atoms with Gasteiger partial charge in [-0.3, -0.25) is 0 Å². The molecule has 0 radical (unpaired) electrons. The molecule has 10 rings (SSSR count). The maximum absolute atomic E-state index is 2.49. The molecule has 2 atom stereocenters. The quantitative estimate of drug-likeness (QED) is 0.198. The number of benzene rings is 6. The van der Waals surface area contributed by atoms with E-state index in [0.29, 0.717) is 12.0 Å². The van der Waals surface area contributed by atoms with E-state index in [4.69, 9.17) is 0 Å². The molecule has 2 aliphatic rings. The molecular weight excluding hydrogens is 565 g/mol. The van der Waals surface area contributed by atoms with Crippen LogP contribution in [0.1, 0.15) is 11.5 Å². The van der Waals surface area contributed by atoms with Crippen molar-refractivity contribution in [2.75, 3.05) is 4.90 Å². The average Bonchev–Trinajstić information content (AvgIpc) is 3.75. The van der Waals surface area contributed by atoms with E-state index in [-0.39, 0.29) is 0 Å². The van der Waals surface area contributed by atoms with Crippen LogP contribution in [0.5, 0.6) is 0 Å². The van der Waals surface area contributed by atoms with Crippen LogP contribution in [-0.4, -0.2) is 10.6 Å². The van der Waals surface area contributed by atoms with Crippen LogP contribution in [0, 0.1) is 0 Å². The van der Waals surface area contributed by atoms with Gasteiger partial charge in [0, 0.05) is 53.9 Å². The normalized spacial score (nSPS) is 17.1. The first-order valence-corrected chi connectivity index (χ1v) is 16.4. The first-order chi connectivity index (χ1) is 22.3. The van der Waals surface area contributed by atoms with Gasteiger partial charge in [0.2, 0.25) is 0 Å². The molecule has 0 saturated heterocycles. The molecule has 2 nitrogen and oxygen atoms in total. The van der Waals surface area contributed by atoms with Gasteiger partial charge in [0.15, 0.2) is 0 Å². The summed E-state index contributed by atoms with van der Waals surface area (Å²) in [5.41, 5.74) is 10.1. The number of para-hydroxylation sites is 2. The van der Waals surface area contributed by atoms with E-state index in [1.165, 1.54) is 75.7 Å². The summed E-state index contributed by atoms with van der Waals surface area (Å²) in [5, 5.41) is 5.21. The van der Waals surface area contributed by atoms with E-state index in [1.807, 2.05) is 11.3 Å². The number of hydrogen-bond acceptors (Lipinski definition) is 2. The van der Waals surface area contributed by atoms with Crippen molar-refractivity contribution >= 4 is 64.7 Å². The van der Waals surface area contributed by atoms with Crippen LogP contribution in [0.2, 0.25) is 0 Å². The highest BCUT2D eigenvalue weighted by atomic mass is 32.1. The Bertz CT molecular complexity index is 2510. The lowest BCUT2D eigenvalue weighted by molar-refractivity contribution is 0.745. The van der Waals surface area contributed by atoms with Gasteiger partial charge in [0.25, 0.3) is 0 Å². The van der Waals surface area contributed by atoms with E-state index in [2.05, 4.69) is 167 Å². The third kappa shape index (κ3) is 3.68. The van der Waals surface area contributed by atoms with Gasteiger partial charge in [-0.15, -0.1) is 11.3 Å². The maximum Gasteiger partial charge on any atom is 0.0629 e. The highest BCUT2D eigenvalue weighted by Gasteiger charge is 2.37. The second-order valence-corrected chi connectivity index (χ2v) is 13.2. The molecule has 0 N–H and O–H groups in total. The van der Waals surface area contributed by atoms with Crippen LogP contribution in [-0.2, 0) is 0 Å². The third-order valence-electron chi connectivity index (χ3n) is 9.71. The SMILES string of the molecule is C1=CC2c3cc(-c4ccc5c(c4)c4ccccc4n5-c4ccc5sc6ccccc6c5c4)ccc3N(c3ccccc3)C2C=C1. The van der Waals surface area contributed by atoms with Gasteiger partial charge in [-0.05, 0) is 83.4 Å². The zero-order valence-corrected chi connectivity index (χ0v) is 25.3. The molecule has 0 spiro atoms. The fraction of sp³-hybridized carbons (Fsp3) is 0.0476. The molecule has 6 aromatic carbocycles. The van der Waals surface area contributed by atoms with Crippen LogP contribution < -0.4 is 4.90 Å². The second kappa shape index (κ2) is 9.56. The molecule has 212 valence electrons. The highest BCUT2D eigenvalue weighted by molar-refractivity contribution is 7.25. The van der Waals surface area contributed by atoms with Crippen molar-refractivity contribution in [2.24, 2.45) is 0 Å². The van der Waals surface area contributed by atoms with Crippen molar-refractivity contribution in [3.05, 3.63) is 163 Å². The lowest BCUT2D eigenvalue weighted by Gasteiger charge is -2.28. The van der Waals surface area contributed by atoms with Crippen molar-refractivity contribution in [3.8, 4) is 16.8 Å². The summed E-state index contributed by atoms with van der Waals surface area (Å²) in [5.74, 6) is 0.332. The Labute approximate surface area is 265 Å². The fourth-order valence-corrected chi connectivity index (χ4v) is 8.78. The largest absolute Gasteiger partial charge is 0.333 e. The van der Waals surface area contributed by atoms with E-state index < -0.39 is 0 Å². The highest BCUT2D eigenvalue weighted by Crippen LogP contribution is 2.49. The van der Waals surface area contributed by atoms with Gasteiger partial charge >= 0.3 is 0 Å². The van der Waals surface area contributed by atoms with Gasteiger partial charge < -0.3 is 9.47 Å². The Hall–Kier alpha value is -5.38. The number of hydrogen-bond donors (Lipinski definition) is 0. The lowest BCUT2D eigenvalue weighted by Crippen LogP contribution is -2.28. The zero-order chi connectivity index (χ0) is 29.5. The molecule has 0 saturated carbocycles. The zero-order valence-electron chi connectivity index (χ0n) is 24.5. The summed E-state index contributed by atoms with van der Waals surface area (Å²) < 4.78 is 5.10. The van der Waals surface area contributed by atoms with Crippen molar-refractivity contribution < 1.29 is 0 Å². The van der Waals surface area contributed by atoms with Gasteiger partial charge in [-0.25, -0.2) is 0 Å². The third-order valence-corrected chi connectivity index (χ3v) is 10.9. The number of thiophene rings is 1. The molecule has 2 unspecified atom stereocenters. The van der Waals surface area contributed by atoms with Crippen molar-refractivity contribution in [3.63, 3.8) is 0 Å². The minimum Gasteiger partial charge on any atom is -0.333 e. The monoisotopic (exact) mass is 592 g/mol. The predicted octanol–water partition coefficient (Wildman–Crippen LogP) is 11.5. The second-order valence-electron chi connectivity index (χ2n) is 12.1. The minimum atomic E-state index is 0.292. The number of allylic oxidation sites excluding steroid dienone is 2. The Morgan fingerprint density at radius 2 is 1.22 bits per heavy atom. The fourth-order valence-electron chi connectivity index (χ4n) is 7.69. The molecule has 0 fully saturated rings. The van der Waals surface area contributed by atoms with Gasteiger partial charge in [0.05, 0.1) is 17.1 Å². The standard InChI is InChI=1S/C42H28N2S/c1-2-10-29(11-3-1)43-37-15-7-4-12-31(37)34-24-27(18-21-39(34)43)28-19-22-40-35(25-28)32-13-5-8-16-38(32)44(40)30-20-23-42-36(26-30)33-14-6-9-17-41(33)45-42/h1-26,31,37H. The van der Waals surface area contributed by atoms with Crippen LogP contribution in [0.4, 0.5) is 11.4 Å². The van der Waals surface area contributed by atoms with Gasteiger partial charge in [-0.1, -0.05) is 91.0 Å². The predicted molar refractivity (Wildman–Crippen MR) is 192 cm³/mol. The summed E-state index contributed by atoms with van der Waals surface area (Å²) >= 11 is 1.87. The van der Waals surface area contributed by atoms with Gasteiger partial charge in [0.1, 0.15) is 0 Å². The molecule has 3 heteroatoms. The molecule has 0 amide bonds. The smallest absolute Gasteiger partial charge is 0.0629 e. The molecule has 1 aliphatic carbocycles. The van der Waals surface area contributed by atoms with Crippen LogP contribution in [0.3, 0.4) is 0 Å². The van der Waals surface area contributed by atoms with Crippen molar-refractivity contribution in [2.45, 2.75) is 12.0 Å². The Balaban J connectivity index is 1.13. The Kier molecular flexibility index (Phi) is 5.31. The summed E-state index contributed by atoms with van der Waals surface area (Å²) in [6.45, 7) is 0. The summed E-state index contributed by atoms with van der Waals surface area (Å²) in [4.78, 5) is 2.49. The number of rotatable bonds is 3. The topological polar surface area (TPSA) is 8.17 Å². The summed E-state index contributed by atoms with van der Waals surface area (Å²) in [7, 11) is 0. The van der Waals surface area contributed by atoms with E-state index in [0.717, 1.165) is 0 Å².